The molecule has 2 bridgehead atoms. The van der Waals surface area contributed by atoms with Crippen LogP contribution in [0.2, 0.25) is 0 Å². The minimum Gasteiger partial charge on any atom is -0.404 e. The molecule has 3 saturated carbocycles. The van der Waals surface area contributed by atoms with Gasteiger partial charge in [-0.25, -0.2) is 0 Å². The van der Waals surface area contributed by atoms with Gasteiger partial charge in [0.2, 0.25) is 5.91 Å². The van der Waals surface area contributed by atoms with E-state index in [0.717, 1.165) is 12.8 Å². The second-order valence-electron chi connectivity index (χ2n) is 9.69. The van der Waals surface area contributed by atoms with Gasteiger partial charge in [0.1, 0.15) is 0 Å². The summed E-state index contributed by atoms with van der Waals surface area (Å²) in [6.45, 7) is 12.8. The molecule has 5 nitrogen and oxygen atoms in total. The fraction of sp³-hybridized carbons (Fsp3) is 0.947. The lowest BCUT2D eigenvalue weighted by Gasteiger charge is -2.64. The zero-order valence-electron chi connectivity index (χ0n) is 16.5. The van der Waals surface area contributed by atoms with E-state index in [1.54, 1.807) is 6.92 Å². The van der Waals surface area contributed by atoms with Crippen LogP contribution in [0.1, 0.15) is 67.2 Å². The predicted molar refractivity (Wildman–Crippen MR) is 97.8 cm³/mol. The summed E-state index contributed by atoms with van der Waals surface area (Å²) in [4.78, 5) is 12.2. The van der Waals surface area contributed by atoms with Gasteiger partial charge >= 0.3 is 7.12 Å². The van der Waals surface area contributed by atoms with Crippen LogP contribution in [-0.4, -0.2) is 41.9 Å². The van der Waals surface area contributed by atoms with Gasteiger partial charge in [-0.3, -0.25) is 4.79 Å². The number of nitrogens with one attached hydrogen (secondary N) is 1. The SMILES string of the molecule is CC(C)C[C@H](NC(=O)C[C@@H](C)O)B1O[C@@H]2C[C@@H]3C[C@@H](C3(C)C)[C@]2(C)O1. The zero-order valence-corrected chi connectivity index (χ0v) is 16.5. The van der Waals surface area contributed by atoms with Crippen molar-refractivity contribution in [2.45, 2.75) is 91.0 Å². The molecule has 0 aromatic rings. The van der Waals surface area contributed by atoms with Crippen LogP contribution in [0.15, 0.2) is 0 Å². The quantitative estimate of drug-likeness (QED) is 0.722. The molecule has 2 N–H and O–H groups in total. The molecule has 0 aromatic carbocycles. The highest BCUT2D eigenvalue weighted by molar-refractivity contribution is 6.47. The van der Waals surface area contributed by atoms with E-state index in [0.29, 0.717) is 23.2 Å². The first-order chi connectivity index (χ1) is 11.5. The van der Waals surface area contributed by atoms with Crippen LogP contribution in [-0.2, 0) is 14.1 Å². The number of amides is 1. The third-order valence-electron chi connectivity index (χ3n) is 6.85. The first-order valence-electron chi connectivity index (χ1n) is 9.84. The largest absolute Gasteiger partial charge is 0.481 e. The van der Waals surface area contributed by atoms with Crippen molar-refractivity contribution < 1.29 is 19.2 Å². The molecular weight excluding hydrogens is 317 g/mol. The summed E-state index contributed by atoms with van der Waals surface area (Å²) in [7, 11) is -0.398. The van der Waals surface area contributed by atoms with Crippen LogP contribution >= 0.6 is 0 Å². The number of aliphatic hydroxyl groups excluding tert-OH is 1. The van der Waals surface area contributed by atoms with Gasteiger partial charge in [-0.2, -0.15) is 0 Å². The molecule has 6 atom stereocenters. The molecule has 1 heterocycles. The molecule has 1 amide bonds. The van der Waals surface area contributed by atoms with Crippen LogP contribution in [0, 0.1) is 23.2 Å². The van der Waals surface area contributed by atoms with Crippen LogP contribution in [0.25, 0.3) is 0 Å². The normalized spacial score (nSPS) is 38.1. The number of hydrogen-bond donors (Lipinski definition) is 2. The summed E-state index contributed by atoms with van der Waals surface area (Å²) >= 11 is 0. The Bertz CT molecular complexity index is 524. The molecule has 0 spiro atoms. The fourth-order valence-corrected chi connectivity index (χ4v) is 5.35. The average molecular weight is 351 g/mol. The Morgan fingerprint density at radius 1 is 1.28 bits per heavy atom. The number of rotatable bonds is 6. The summed E-state index contributed by atoms with van der Waals surface area (Å²) in [6, 6.07) is 0. The highest BCUT2D eigenvalue weighted by Crippen LogP contribution is 2.65. The van der Waals surface area contributed by atoms with E-state index in [4.69, 9.17) is 9.31 Å². The second kappa shape index (κ2) is 6.54. The van der Waals surface area contributed by atoms with Gasteiger partial charge in [0.15, 0.2) is 0 Å². The van der Waals surface area contributed by atoms with Gasteiger partial charge in [0.05, 0.1) is 30.2 Å². The molecule has 0 aromatic heterocycles. The lowest BCUT2D eigenvalue weighted by atomic mass is 9.43. The number of carbonyl (C=O) groups is 1. The van der Waals surface area contributed by atoms with Crippen LogP contribution in [0.3, 0.4) is 0 Å². The van der Waals surface area contributed by atoms with E-state index in [1.807, 2.05) is 0 Å². The Morgan fingerprint density at radius 2 is 1.96 bits per heavy atom. The van der Waals surface area contributed by atoms with E-state index < -0.39 is 13.2 Å². The highest BCUT2D eigenvalue weighted by atomic mass is 16.7. The molecule has 0 unspecified atom stereocenters. The standard InChI is InChI=1S/C19H34BNO4/c1-11(2)7-16(21-17(23)8-12(3)22)20-24-15-10-13-9-14(18(13,4)5)19(15,6)25-20/h11-16,22H,7-10H2,1-6H3,(H,21,23)/t12-,13+,14+,15-,16+,19+/m1/s1. The maximum Gasteiger partial charge on any atom is 0.481 e. The van der Waals surface area contributed by atoms with Crippen molar-refractivity contribution in [1.29, 1.82) is 0 Å². The molecule has 3 aliphatic carbocycles. The van der Waals surface area contributed by atoms with Crippen molar-refractivity contribution in [3.63, 3.8) is 0 Å². The molecular formula is C19H34BNO4. The fourth-order valence-electron chi connectivity index (χ4n) is 5.35. The van der Waals surface area contributed by atoms with E-state index in [2.05, 4.69) is 39.9 Å². The zero-order chi connectivity index (χ0) is 18.6. The molecule has 1 saturated heterocycles. The molecule has 142 valence electrons. The highest BCUT2D eigenvalue weighted by Gasteiger charge is 2.68. The Kier molecular flexibility index (Phi) is 5.02. The van der Waals surface area contributed by atoms with E-state index in [9.17, 15) is 9.90 Å². The van der Waals surface area contributed by atoms with Crippen LogP contribution in [0.5, 0.6) is 0 Å². The lowest BCUT2D eigenvalue weighted by Crippen LogP contribution is -2.65. The molecule has 4 rings (SSSR count). The maximum absolute atomic E-state index is 12.2. The van der Waals surface area contributed by atoms with Gasteiger partial charge < -0.3 is 19.7 Å². The number of aliphatic hydroxyl groups is 1. The van der Waals surface area contributed by atoms with Crippen molar-refractivity contribution >= 4 is 13.0 Å². The third kappa shape index (κ3) is 3.37. The van der Waals surface area contributed by atoms with E-state index in [1.165, 1.54) is 6.42 Å². The summed E-state index contributed by atoms with van der Waals surface area (Å²) < 4.78 is 12.8. The van der Waals surface area contributed by atoms with E-state index in [-0.39, 0.29) is 30.0 Å². The topological polar surface area (TPSA) is 67.8 Å². The van der Waals surface area contributed by atoms with Gasteiger partial charge in [-0.05, 0) is 56.3 Å². The molecule has 6 heteroatoms. The molecule has 4 aliphatic rings. The number of carbonyl (C=O) groups excluding carboxylic acids is 1. The summed E-state index contributed by atoms with van der Waals surface area (Å²) in [5, 5.41) is 12.5. The van der Waals surface area contributed by atoms with Crippen LogP contribution < -0.4 is 5.32 Å². The van der Waals surface area contributed by atoms with Crippen molar-refractivity contribution in [1.82, 2.24) is 5.32 Å². The molecule has 25 heavy (non-hydrogen) atoms. The molecule has 1 aliphatic heterocycles. The molecule has 0 radical (unpaired) electrons. The minimum atomic E-state index is -0.641. The van der Waals surface area contributed by atoms with Gasteiger partial charge in [-0.15, -0.1) is 0 Å². The smallest absolute Gasteiger partial charge is 0.404 e. The van der Waals surface area contributed by atoms with Crippen molar-refractivity contribution in [2.75, 3.05) is 0 Å². The molecule has 4 fully saturated rings. The Hall–Kier alpha value is -0.585. The van der Waals surface area contributed by atoms with Crippen LogP contribution in [0.4, 0.5) is 0 Å². The summed E-state index contributed by atoms with van der Waals surface area (Å²) in [5.41, 5.74) is 0.0553. The monoisotopic (exact) mass is 351 g/mol. The van der Waals surface area contributed by atoms with Crippen molar-refractivity contribution in [3.8, 4) is 0 Å². The second-order valence-corrected chi connectivity index (χ2v) is 9.69. The van der Waals surface area contributed by atoms with Crippen molar-refractivity contribution in [3.05, 3.63) is 0 Å². The Balaban J connectivity index is 1.71. The van der Waals surface area contributed by atoms with Gasteiger partial charge in [0.25, 0.3) is 0 Å². The lowest BCUT2D eigenvalue weighted by molar-refractivity contribution is -0.199. The average Bonchev–Trinajstić information content (AvgIpc) is 2.81. The minimum absolute atomic E-state index is 0.111. The predicted octanol–water partition coefficient (Wildman–Crippen LogP) is 2.56. The first kappa shape index (κ1) is 19.2. The van der Waals surface area contributed by atoms with E-state index >= 15 is 0 Å². The van der Waals surface area contributed by atoms with Crippen molar-refractivity contribution in [2.24, 2.45) is 23.2 Å². The number of hydrogen-bond acceptors (Lipinski definition) is 4. The first-order valence-corrected chi connectivity index (χ1v) is 9.84. The van der Waals surface area contributed by atoms with Gasteiger partial charge in [-0.1, -0.05) is 27.7 Å². The van der Waals surface area contributed by atoms with Gasteiger partial charge in [0, 0.05) is 0 Å². The summed E-state index contributed by atoms with van der Waals surface area (Å²) in [5.74, 6) is 1.34. The summed E-state index contributed by atoms with van der Waals surface area (Å²) in [6.07, 6.45) is 2.66. The Morgan fingerprint density at radius 3 is 2.52 bits per heavy atom. The third-order valence-corrected chi connectivity index (χ3v) is 6.85. The Labute approximate surface area is 152 Å². The maximum atomic E-state index is 12.2.